The van der Waals surface area contributed by atoms with E-state index in [1.165, 1.54) is 17.6 Å². The summed E-state index contributed by atoms with van der Waals surface area (Å²) in [4.78, 5) is 40.8. The van der Waals surface area contributed by atoms with Gasteiger partial charge in [-0.25, -0.2) is 4.79 Å². The SMILES string of the molecule is CCNC(=O)N1CCN(C(=O)c2sc(NC(=O)c3ccco3)cc2C)CC1. The summed E-state index contributed by atoms with van der Waals surface area (Å²) < 4.78 is 5.07. The number of urea groups is 1. The molecule has 27 heavy (non-hydrogen) atoms. The highest BCUT2D eigenvalue weighted by atomic mass is 32.1. The summed E-state index contributed by atoms with van der Waals surface area (Å²) in [5.41, 5.74) is 0.811. The average molecular weight is 390 g/mol. The Morgan fingerprint density at radius 2 is 1.89 bits per heavy atom. The highest BCUT2D eigenvalue weighted by Gasteiger charge is 2.26. The molecule has 8 nitrogen and oxygen atoms in total. The van der Waals surface area contributed by atoms with Gasteiger partial charge in [0, 0.05) is 32.7 Å². The second kappa shape index (κ2) is 8.26. The Morgan fingerprint density at radius 3 is 2.52 bits per heavy atom. The summed E-state index contributed by atoms with van der Waals surface area (Å²) >= 11 is 1.24. The third kappa shape index (κ3) is 4.30. The number of thiophene rings is 1. The van der Waals surface area contributed by atoms with Crippen LogP contribution < -0.4 is 10.6 Å². The molecule has 1 aliphatic heterocycles. The molecule has 0 bridgehead atoms. The number of hydrogen-bond donors (Lipinski definition) is 2. The molecule has 2 aromatic rings. The van der Waals surface area contributed by atoms with Crippen molar-refractivity contribution < 1.29 is 18.8 Å². The van der Waals surface area contributed by atoms with Gasteiger partial charge in [0.15, 0.2) is 5.76 Å². The number of aryl methyl sites for hydroxylation is 1. The van der Waals surface area contributed by atoms with E-state index in [9.17, 15) is 14.4 Å². The second-order valence-corrected chi connectivity index (χ2v) is 7.22. The molecule has 0 saturated carbocycles. The van der Waals surface area contributed by atoms with Crippen LogP contribution in [0.25, 0.3) is 0 Å². The first-order chi connectivity index (χ1) is 13.0. The predicted octanol–water partition coefficient (Wildman–Crippen LogP) is 2.39. The van der Waals surface area contributed by atoms with Crippen LogP contribution in [-0.2, 0) is 0 Å². The number of hydrogen-bond acceptors (Lipinski definition) is 5. The van der Waals surface area contributed by atoms with Crippen LogP contribution in [-0.4, -0.2) is 60.4 Å². The van der Waals surface area contributed by atoms with Crippen LogP contribution in [0.2, 0.25) is 0 Å². The van der Waals surface area contributed by atoms with E-state index in [2.05, 4.69) is 10.6 Å². The van der Waals surface area contributed by atoms with Gasteiger partial charge in [0.1, 0.15) is 0 Å². The van der Waals surface area contributed by atoms with Crippen molar-refractivity contribution in [3.05, 3.63) is 40.7 Å². The largest absolute Gasteiger partial charge is 0.459 e. The van der Waals surface area contributed by atoms with Gasteiger partial charge < -0.3 is 24.9 Å². The highest BCUT2D eigenvalue weighted by Crippen LogP contribution is 2.28. The number of rotatable bonds is 4. The Morgan fingerprint density at radius 1 is 1.19 bits per heavy atom. The lowest BCUT2D eigenvalue weighted by Gasteiger charge is -2.34. The molecule has 0 aromatic carbocycles. The molecule has 2 N–H and O–H groups in total. The van der Waals surface area contributed by atoms with Gasteiger partial charge in [0.25, 0.3) is 11.8 Å². The number of nitrogens with one attached hydrogen (secondary N) is 2. The monoisotopic (exact) mass is 390 g/mol. The lowest BCUT2D eigenvalue weighted by Crippen LogP contribution is -2.53. The molecule has 144 valence electrons. The molecular formula is C18H22N4O4S. The minimum absolute atomic E-state index is 0.0773. The van der Waals surface area contributed by atoms with E-state index in [-0.39, 0.29) is 23.6 Å². The highest BCUT2D eigenvalue weighted by molar-refractivity contribution is 7.18. The molecule has 0 aliphatic carbocycles. The summed E-state index contributed by atoms with van der Waals surface area (Å²) in [6.45, 7) is 6.28. The number of anilines is 1. The molecule has 1 aliphatic rings. The van der Waals surface area contributed by atoms with E-state index in [1.807, 2.05) is 13.8 Å². The van der Waals surface area contributed by atoms with E-state index < -0.39 is 0 Å². The maximum absolute atomic E-state index is 12.8. The number of nitrogens with zero attached hydrogens (tertiary/aromatic N) is 2. The third-order valence-electron chi connectivity index (χ3n) is 4.28. The number of carbonyl (C=O) groups is 3. The normalized spacial score (nSPS) is 14.1. The van der Waals surface area contributed by atoms with Gasteiger partial charge in [-0.2, -0.15) is 0 Å². The maximum atomic E-state index is 12.8. The van der Waals surface area contributed by atoms with Gasteiger partial charge in [-0.15, -0.1) is 11.3 Å². The molecule has 0 radical (unpaired) electrons. The van der Waals surface area contributed by atoms with E-state index in [1.54, 1.807) is 28.0 Å². The molecule has 0 unspecified atom stereocenters. The Balaban J connectivity index is 1.62. The fourth-order valence-corrected chi connectivity index (χ4v) is 3.89. The van der Waals surface area contributed by atoms with E-state index in [4.69, 9.17) is 4.42 Å². The number of piperazine rings is 1. The fraction of sp³-hybridized carbons (Fsp3) is 0.389. The van der Waals surface area contributed by atoms with Gasteiger partial charge >= 0.3 is 6.03 Å². The van der Waals surface area contributed by atoms with E-state index in [0.29, 0.717) is 42.6 Å². The van der Waals surface area contributed by atoms with Crippen LogP contribution in [0.1, 0.15) is 32.7 Å². The van der Waals surface area contributed by atoms with Crippen molar-refractivity contribution in [1.29, 1.82) is 0 Å². The molecule has 3 heterocycles. The second-order valence-electron chi connectivity index (χ2n) is 6.17. The summed E-state index contributed by atoms with van der Waals surface area (Å²) in [6.07, 6.45) is 1.43. The van der Waals surface area contributed by atoms with Crippen molar-refractivity contribution >= 4 is 34.2 Å². The first-order valence-corrected chi connectivity index (χ1v) is 9.58. The topological polar surface area (TPSA) is 94.9 Å². The van der Waals surface area contributed by atoms with Crippen LogP contribution in [0.5, 0.6) is 0 Å². The molecule has 9 heteroatoms. The quantitative estimate of drug-likeness (QED) is 0.838. The van der Waals surface area contributed by atoms with Crippen molar-refractivity contribution in [3.63, 3.8) is 0 Å². The Labute approximate surface area is 161 Å². The van der Waals surface area contributed by atoms with Crippen molar-refractivity contribution in [2.45, 2.75) is 13.8 Å². The maximum Gasteiger partial charge on any atom is 0.317 e. The first-order valence-electron chi connectivity index (χ1n) is 8.77. The Hall–Kier alpha value is -2.81. The van der Waals surface area contributed by atoms with Crippen LogP contribution in [0.15, 0.2) is 28.9 Å². The van der Waals surface area contributed by atoms with Crippen molar-refractivity contribution in [2.24, 2.45) is 0 Å². The number of furan rings is 1. The Bertz CT molecular complexity index is 823. The lowest BCUT2D eigenvalue weighted by molar-refractivity contribution is 0.0669. The fourth-order valence-electron chi connectivity index (χ4n) is 2.86. The van der Waals surface area contributed by atoms with Crippen LogP contribution in [0.3, 0.4) is 0 Å². The molecule has 1 saturated heterocycles. The van der Waals surface area contributed by atoms with Crippen LogP contribution in [0, 0.1) is 6.92 Å². The number of amides is 4. The summed E-state index contributed by atoms with van der Waals surface area (Å²) in [6, 6.07) is 4.91. The van der Waals surface area contributed by atoms with Crippen molar-refractivity contribution in [3.8, 4) is 0 Å². The van der Waals surface area contributed by atoms with Crippen molar-refractivity contribution in [2.75, 3.05) is 38.0 Å². The zero-order valence-corrected chi connectivity index (χ0v) is 16.1. The zero-order valence-electron chi connectivity index (χ0n) is 15.3. The standard InChI is InChI=1S/C18H22N4O4S/c1-3-19-18(25)22-8-6-21(7-9-22)17(24)15-12(2)11-14(27-15)20-16(23)13-5-4-10-26-13/h4-5,10-11H,3,6-9H2,1-2H3,(H,19,25)(H,20,23). The van der Waals surface area contributed by atoms with Gasteiger partial charge in [-0.05, 0) is 37.6 Å². The molecule has 3 rings (SSSR count). The van der Waals surface area contributed by atoms with Gasteiger partial charge in [-0.1, -0.05) is 0 Å². The lowest BCUT2D eigenvalue weighted by atomic mass is 10.2. The Kier molecular flexibility index (Phi) is 5.80. The molecule has 2 aromatic heterocycles. The summed E-state index contributed by atoms with van der Waals surface area (Å²) in [5, 5.41) is 6.12. The number of carbonyl (C=O) groups excluding carboxylic acids is 3. The van der Waals surface area contributed by atoms with Gasteiger partial charge in [0.05, 0.1) is 16.1 Å². The predicted molar refractivity (Wildman–Crippen MR) is 102 cm³/mol. The summed E-state index contributed by atoms with van der Waals surface area (Å²) in [7, 11) is 0. The molecule has 1 fully saturated rings. The minimum Gasteiger partial charge on any atom is -0.459 e. The molecule has 4 amide bonds. The van der Waals surface area contributed by atoms with Crippen molar-refractivity contribution in [1.82, 2.24) is 15.1 Å². The molecule has 0 atom stereocenters. The van der Waals surface area contributed by atoms with Crippen LogP contribution in [0.4, 0.5) is 9.80 Å². The molecular weight excluding hydrogens is 368 g/mol. The zero-order chi connectivity index (χ0) is 19.4. The van der Waals surface area contributed by atoms with Gasteiger partial charge in [0.2, 0.25) is 0 Å². The average Bonchev–Trinajstić information content (AvgIpc) is 3.31. The molecule has 0 spiro atoms. The van der Waals surface area contributed by atoms with Gasteiger partial charge in [-0.3, -0.25) is 9.59 Å². The third-order valence-corrected chi connectivity index (χ3v) is 5.42. The minimum atomic E-state index is -0.351. The summed E-state index contributed by atoms with van der Waals surface area (Å²) in [5.74, 6) is -0.210. The first kappa shape index (κ1) is 19.0. The van der Waals surface area contributed by atoms with E-state index >= 15 is 0 Å². The smallest absolute Gasteiger partial charge is 0.317 e. The van der Waals surface area contributed by atoms with Crippen LogP contribution >= 0.6 is 11.3 Å². The van der Waals surface area contributed by atoms with E-state index in [0.717, 1.165) is 5.56 Å².